The minimum Gasteiger partial charge on any atom is -0.480 e. The summed E-state index contributed by atoms with van der Waals surface area (Å²) in [4.78, 5) is 22.7. The third-order valence-corrected chi connectivity index (χ3v) is 3.10. The molecule has 0 aliphatic carbocycles. The Morgan fingerprint density at radius 1 is 1.22 bits per heavy atom. The highest BCUT2D eigenvalue weighted by atomic mass is 16.4. The second-order valence-corrected chi connectivity index (χ2v) is 5.74. The van der Waals surface area contributed by atoms with Crippen molar-refractivity contribution in [2.24, 2.45) is 5.41 Å². The van der Waals surface area contributed by atoms with E-state index in [-0.39, 0.29) is 11.5 Å². The predicted octanol–water partition coefficient (Wildman–Crippen LogP) is 2.36. The lowest BCUT2D eigenvalue weighted by molar-refractivity contribution is -0.139. The van der Waals surface area contributed by atoms with Gasteiger partial charge >= 0.3 is 12.0 Å². The fraction of sp³-hybridized carbons (Fsp3) is 0.846. The number of carboxylic acids is 1. The molecule has 0 aromatic rings. The van der Waals surface area contributed by atoms with Crippen molar-refractivity contribution < 1.29 is 14.7 Å². The normalized spacial score (nSPS) is 14.7. The molecule has 0 aliphatic heterocycles. The van der Waals surface area contributed by atoms with Crippen LogP contribution in [0.3, 0.4) is 0 Å². The van der Waals surface area contributed by atoms with Crippen molar-refractivity contribution in [2.45, 2.75) is 66.0 Å². The maximum absolute atomic E-state index is 11.7. The van der Waals surface area contributed by atoms with Gasteiger partial charge in [0, 0.05) is 6.04 Å². The summed E-state index contributed by atoms with van der Waals surface area (Å²) < 4.78 is 0. The van der Waals surface area contributed by atoms with E-state index in [2.05, 4.69) is 10.6 Å². The van der Waals surface area contributed by atoms with Crippen LogP contribution in [0.5, 0.6) is 0 Å². The van der Waals surface area contributed by atoms with Crippen LogP contribution in [0.4, 0.5) is 4.79 Å². The predicted molar refractivity (Wildman–Crippen MR) is 71.5 cm³/mol. The summed E-state index contributed by atoms with van der Waals surface area (Å²) in [5.41, 5.74) is -0.0561. The van der Waals surface area contributed by atoms with Crippen LogP contribution in [0.15, 0.2) is 0 Å². The number of amides is 2. The molecule has 0 aliphatic rings. The van der Waals surface area contributed by atoms with Crippen LogP contribution >= 0.6 is 0 Å². The zero-order chi connectivity index (χ0) is 14.3. The Morgan fingerprint density at radius 2 is 1.78 bits per heavy atom. The molecule has 0 spiro atoms. The quantitative estimate of drug-likeness (QED) is 0.684. The Bertz CT molecular complexity index is 284. The second-order valence-electron chi connectivity index (χ2n) is 5.74. The molecule has 2 unspecified atom stereocenters. The van der Waals surface area contributed by atoms with E-state index in [9.17, 15) is 9.59 Å². The van der Waals surface area contributed by atoms with Gasteiger partial charge in [0.15, 0.2) is 0 Å². The third kappa shape index (κ3) is 6.47. The lowest BCUT2D eigenvalue weighted by Crippen LogP contribution is -2.51. The molecule has 0 saturated heterocycles. The van der Waals surface area contributed by atoms with Crippen LogP contribution in [-0.4, -0.2) is 29.2 Å². The van der Waals surface area contributed by atoms with Crippen LogP contribution < -0.4 is 10.6 Å². The number of nitrogens with one attached hydrogen (secondary N) is 2. The maximum Gasteiger partial charge on any atom is 0.326 e. The summed E-state index contributed by atoms with van der Waals surface area (Å²) in [7, 11) is 0. The van der Waals surface area contributed by atoms with Gasteiger partial charge in [0.25, 0.3) is 0 Å². The third-order valence-electron chi connectivity index (χ3n) is 3.10. The van der Waals surface area contributed by atoms with Gasteiger partial charge in [0.2, 0.25) is 0 Å². The Hall–Kier alpha value is -1.26. The Labute approximate surface area is 109 Å². The molecule has 0 aromatic carbocycles. The highest BCUT2D eigenvalue weighted by Crippen LogP contribution is 2.18. The number of aliphatic carboxylic acids is 1. The largest absolute Gasteiger partial charge is 0.480 e. The van der Waals surface area contributed by atoms with E-state index in [1.807, 2.05) is 34.6 Å². The van der Waals surface area contributed by atoms with Crippen LogP contribution in [0.2, 0.25) is 0 Å². The number of carboxylic acid groups (broad SMARTS) is 1. The smallest absolute Gasteiger partial charge is 0.326 e. The van der Waals surface area contributed by atoms with Gasteiger partial charge in [-0.15, -0.1) is 0 Å². The molecular formula is C13H26N2O3. The van der Waals surface area contributed by atoms with E-state index in [0.717, 1.165) is 12.8 Å². The average Bonchev–Trinajstić information content (AvgIpc) is 2.22. The first kappa shape index (κ1) is 16.7. The van der Waals surface area contributed by atoms with Crippen LogP contribution in [0.1, 0.15) is 53.9 Å². The van der Waals surface area contributed by atoms with Gasteiger partial charge in [-0.05, 0) is 18.8 Å². The molecular weight excluding hydrogens is 232 g/mol. The number of unbranched alkanes of at least 4 members (excludes halogenated alkanes) is 1. The minimum atomic E-state index is -0.984. The van der Waals surface area contributed by atoms with E-state index in [1.165, 1.54) is 0 Å². The van der Waals surface area contributed by atoms with Crippen LogP contribution in [-0.2, 0) is 4.79 Å². The first-order chi connectivity index (χ1) is 8.18. The molecule has 5 nitrogen and oxygen atoms in total. The van der Waals surface area contributed by atoms with Crippen molar-refractivity contribution in [2.75, 3.05) is 0 Å². The van der Waals surface area contributed by atoms with Crippen molar-refractivity contribution in [3.05, 3.63) is 0 Å². The lowest BCUT2D eigenvalue weighted by Gasteiger charge is -2.28. The van der Waals surface area contributed by atoms with Crippen molar-refractivity contribution in [1.29, 1.82) is 0 Å². The zero-order valence-electron chi connectivity index (χ0n) is 12.0. The van der Waals surface area contributed by atoms with E-state index < -0.39 is 18.0 Å². The second kappa shape index (κ2) is 7.24. The topological polar surface area (TPSA) is 78.4 Å². The average molecular weight is 258 g/mol. The molecule has 3 N–H and O–H groups in total. The molecule has 0 heterocycles. The van der Waals surface area contributed by atoms with Crippen LogP contribution in [0, 0.1) is 5.41 Å². The highest BCUT2D eigenvalue weighted by molar-refractivity contribution is 5.82. The molecule has 0 fully saturated rings. The first-order valence-corrected chi connectivity index (χ1v) is 6.48. The monoisotopic (exact) mass is 258 g/mol. The Balaban J connectivity index is 4.30. The molecule has 0 aromatic heterocycles. The Kier molecular flexibility index (Phi) is 6.73. The summed E-state index contributed by atoms with van der Waals surface area (Å²) >= 11 is 0. The molecule has 0 rings (SSSR count). The van der Waals surface area contributed by atoms with Crippen molar-refractivity contribution in [3.8, 4) is 0 Å². The van der Waals surface area contributed by atoms with E-state index >= 15 is 0 Å². The standard InChI is InChI=1S/C13H26N2O3/c1-6-7-8-10(11(16)17)15-12(18)14-9(2)13(3,4)5/h9-10H,6-8H2,1-5H3,(H,16,17)(H2,14,15,18). The number of rotatable bonds is 6. The number of hydrogen-bond acceptors (Lipinski definition) is 2. The molecule has 2 atom stereocenters. The van der Waals surface area contributed by atoms with Crippen molar-refractivity contribution >= 4 is 12.0 Å². The van der Waals surface area contributed by atoms with Gasteiger partial charge in [-0.3, -0.25) is 0 Å². The fourth-order valence-electron chi connectivity index (χ4n) is 1.28. The molecule has 18 heavy (non-hydrogen) atoms. The molecule has 5 heteroatoms. The van der Waals surface area contributed by atoms with Crippen LogP contribution in [0.25, 0.3) is 0 Å². The molecule has 0 bridgehead atoms. The number of carbonyl (C=O) groups excluding carboxylic acids is 1. The summed E-state index contributed by atoms with van der Waals surface area (Å²) in [6, 6.07) is -1.25. The zero-order valence-corrected chi connectivity index (χ0v) is 12.0. The van der Waals surface area contributed by atoms with Crippen molar-refractivity contribution in [3.63, 3.8) is 0 Å². The van der Waals surface area contributed by atoms with E-state index in [4.69, 9.17) is 5.11 Å². The molecule has 2 amide bonds. The van der Waals surface area contributed by atoms with E-state index in [1.54, 1.807) is 0 Å². The summed E-state index contributed by atoms with van der Waals surface area (Å²) in [6.45, 7) is 9.94. The lowest BCUT2D eigenvalue weighted by atomic mass is 9.88. The van der Waals surface area contributed by atoms with Gasteiger partial charge in [0.05, 0.1) is 0 Å². The number of urea groups is 1. The summed E-state index contributed by atoms with van der Waals surface area (Å²) in [5, 5.41) is 14.3. The molecule has 106 valence electrons. The molecule has 0 radical (unpaired) electrons. The summed E-state index contributed by atoms with van der Waals surface area (Å²) in [6.07, 6.45) is 2.15. The van der Waals surface area contributed by atoms with Gasteiger partial charge < -0.3 is 15.7 Å². The van der Waals surface area contributed by atoms with Gasteiger partial charge in [-0.25, -0.2) is 9.59 Å². The van der Waals surface area contributed by atoms with Gasteiger partial charge in [-0.2, -0.15) is 0 Å². The fourth-order valence-corrected chi connectivity index (χ4v) is 1.28. The molecule has 0 saturated carbocycles. The van der Waals surface area contributed by atoms with Gasteiger partial charge in [-0.1, -0.05) is 40.5 Å². The van der Waals surface area contributed by atoms with E-state index in [0.29, 0.717) is 6.42 Å². The minimum absolute atomic E-state index is 0.0295. The van der Waals surface area contributed by atoms with Gasteiger partial charge in [0.1, 0.15) is 6.04 Å². The Morgan fingerprint density at radius 3 is 2.17 bits per heavy atom. The summed E-state index contributed by atoms with van der Waals surface area (Å²) in [5.74, 6) is -0.984. The number of carbonyl (C=O) groups is 2. The van der Waals surface area contributed by atoms with Crippen molar-refractivity contribution in [1.82, 2.24) is 10.6 Å². The first-order valence-electron chi connectivity index (χ1n) is 6.48. The highest BCUT2D eigenvalue weighted by Gasteiger charge is 2.24. The maximum atomic E-state index is 11.7. The number of hydrogen-bond donors (Lipinski definition) is 3. The SMILES string of the molecule is CCCCC(NC(=O)NC(C)C(C)(C)C)C(=O)O.